The summed E-state index contributed by atoms with van der Waals surface area (Å²) in [4.78, 5) is 2.86. The van der Waals surface area contributed by atoms with E-state index in [1.165, 1.54) is 11.8 Å². The van der Waals surface area contributed by atoms with Crippen molar-refractivity contribution in [2.75, 3.05) is 11.9 Å². The van der Waals surface area contributed by atoms with E-state index < -0.39 is 13.8 Å². The monoisotopic (exact) mass is 262 g/mol. The van der Waals surface area contributed by atoms with Crippen molar-refractivity contribution in [1.82, 2.24) is 0 Å². The van der Waals surface area contributed by atoms with E-state index in [-0.39, 0.29) is 4.27 Å². The van der Waals surface area contributed by atoms with E-state index in [9.17, 15) is 7.67 Å². The number of hydrogen-bond donors (Lipinski definition) is 0. The van der Waals surface area contributed by atoms with E-state index in [0.717, 1.165) is 10.6 Å². The predicted molar refractivity (Wildman–Crippen MR) is 51.6 cm³/mol. The minimum absolute atomic E-state index is 0.377. The standard InChI is InChI=1S/C8H8NO2SSe/c1-9-6-4-2-3-5-7(6)12-8(9)13(10)11/h2-5,8H,1H3. The van der Waals surface area contributed by atoms with Crippen LogP contribution in [0.4, 0.5) is 5.69 Å². The van der Waals surface area contributed by atoms with Gasteiger partial charge in [0.2, 0.25) is 0 Å². The SMILES string of the molecule is CN1c2ccccc2SC1[Se](=O)=O. The Kier molecular flexibility index (Phi) is 2.32. The molecule has 5 heteroatoms. The molecule has 1 radical (unpaired) electrons. The average Bonchev–Trinajstić information content (AvgIpc) is 2.45. The van der Waals surface area contributed by atoms with Gasteiger partial charge in [0.05, 0.1) is 0 Å². The normalized spacial score (nSPS) is 20.1. The Labute approximate surface area is 84.4 Å². The van der Waals surface area contributed by atoms with Gasteiger partial charge >= 0.3 is 84.3 Å². The zero-order valence-electron chi connectivity index (χ0n) is 6.97. The third-order valence-corrected chi connectivity index (χ3v) is 5.85. The van der Waals surface area contributed by atoms with Gasteiger partial charge in [-0.2, -0.15) is 0 Å². The summed E-state index contributed by atoms with van der Waals surface area (Å²) in [5.41, 5.74) is 1.01. The van der Waals surface area contributed by atoms with Crippen molar-refractivity contribution in [3.63, 3.8) is 0 Å². The van der Waals surface area contributed by atoms with Gasteiger partial charge in [0.15, 0.2) is 0 Å². The first kappa shape index (κ1) is 9.06. The minimum atomic E-state index is -2.95. The van der Waals surface area contributed by atoms with Crippen LogP contribution >= 0.6 is 11.8 Å². The van der Waals surface area contributed by atoms with Crippen LogP contribution in [0.25, 0.3) is 0 Å². The molecule has 1 aliphatic heterocycles. The molecule has 0 fully saturated rings. The Bertz CT molecular complexity index is 397. The average molecular weight is 261 g/mol. The number of thioether (sulfide) groups is 1. The molecule has 1 aromatic rings. The Morgan fingerprint density at radius 2 is 2.08 bits per heavy atom. The summed E-state index contributed by atoms with van der Waals surface area (Å²) >= 11 is -1.54. The molecule has 1 aromatic carbocycles. The molecule has 0 spiro atoms. The van der Waals surface area contributed by atoms with Crippen LogP contribution in [0.3, 0.4) is 0 Å². The Hall–Kier alpha value is -0.511. The fourth-order valence-electron chi connectivity index (χ4n) is 1.32. The fourth-order valence-corrected chi connectivity index (χ4v) is 4.30. The summed E-state index contributed by atoms with van der Waals surface area (Å²) in [6, 6.07) is 7.73. The van der Waals surface area contributed by atoms with Gasteiger partial charge in [0, 0.05) is 0 Å². The van der Waals surface area contributed by atoms with Crippen molar-refractivity contribution in [3.05, 3.63) is 24.3 Å². The Morgan fingerprint density at radius 3 is 2.69 bits per heavy atom. The summed E-state index contributed by atoms with van der Waals surface area (Å²) in [7, 11) is 1.82. The second-order valence-corrected chi connectivity index (χ2v) is 6.59. The van der Waals surface area contributed by atoms with E-state index in [0.29, 0.717) is 0 Å². The molecule has 0 bridgehead atoms. The zero-order valence-corrected chi connectivity index (χ0v) is 9.50. The molecular weight excluding hydrogens is 253 g/mol. The Balaban J connectivity index is 2.43. The summed E-state index contributed by atoms with van der Waals surface area (Å²) in [6.45, 7) is 0. The van der Waals surface area contributed by atoms with Gasteiger partial charge in [0.1, 0.15) is 0 Å². The van der Waals surface area contributed by atoms with E-state index in [1.54, 1.807) is 0 Å². The molecule has 0 saturated heterocycles. The second kappa shape index (κ2) is 3.33. The molecule has 0 aromatic heterocycles. The van der Waals surface area contributed by atoms with E-state index >= 15 is 0 Å². The van der Waals surface area contributed by atoms with Gasteiger partial charge in [-0.15, -0.1) is 0 Å². The van der Waals surface area contributed by atoms with Crippen LogP contribution in [-0.2, 0) is 7.67 Å². The van der Waals surface area contributed by atoms with Gasteiger partial charge in [-0.1, -0.05) is 0 Å². The molecule has 1 heterocycles. The van der Waals surface area contributed by atoms with Crippen LogP contribution < -0.4 is 4.90 Å². The number of benzene rings is 1. The number of anilines is 1. The topological polar surface area (TPSA) is 37.4 Å². The third kappa shape index (κ3) is 1.47. The van der Waals surface area contributed by atoms with E-state index in [2.05, 4.69) is 0 Å². The molecule has 0 N–H and O–H groups in total. The number of hydrogen-bond acceptors (Lipinski definition) is 4. The van der Waals surface area contributed by atoms with Crippen LogP contribution in [0.1, 0.15) is 0 Å². The van der Waals surface area contributed by atoms with Crippen LogP contribution in [-0.4, -0.2) is 25.1 Å². The van der Waals surface area contributed by atoms with Crippen molar-refractivity contribution >= 4 is 31.2 Å². The molecule has 69 valence electrons. The van der Waals surface area contributed by atoms with Crippen LogP contribution in [0.5, 0.6) is 0 Å². The number of rotatable bonds is 1. The van der Waals surface area contributed by atoms with Gasteiger partial charge < -0.3 is 0 Å². The first-order valence-corrected chi connectivity index (χ1v) is 7.03. The maximum absolute atomic E-state index is 10.9. The van der Waals surface area contributed by atoms with Gasteiger partial charge in [-0.05, 0) is 0 Å². The predicted octanol–water partition coefficient (Wildman–Crippen LogP) is 1.44. The van der Waals surface area contributed by atoms with Crippen molar-refractivity contribution < 1.29 is 7.67 Å². The molecular formula is C8H8NO2SSe. The van der Waals surface area contributed by atoms with E-state index in [1.807, 2.05) is 36.2 Å². The number of fused-ring (bicyclic) bond motifs is 1. The molecule has 0 amide bonds. The van der Waals surface area contributed by atoms with Crippen LogP contribution in [0.15, 0.2) is 29.2 Å². The van der Waals surface area contributed by atoms with Crippen molar-refractivity contribution in [2.24, 2.45) is 0 Å². The molecule has 0 aliphatic carbocycles. The maximum atomic E-state index is 10.9. The molecule has 1 aliphatic rings. The van der Waals surface area contributed by atoms with Crippen molar-refractivity contribution in [1.29, 1.82) is 0 Å². The molecule has 1 unspecified atom stereocenters. The van der Waals surface area contributed by atoms with Crippen molar-refractivity contribution in [3.8, 4) is 0 Å². The third-order valence-electron chi connectivity index (χ3n) is 1.95. The van der Waals surface area contributed by atoms with Crippen LogP contribution in [0, 0.1) is 0 Å². The summed E-state index contributed by atoms with van der Waals surface area (Å²) < 4.78 is 21.5. The molecule has 1 atom stereocenters. The van der Waals surface area contributed by atoms with Gasteiger partial charge in [-0.25, -0.2) is 0 Å². The summed E-state index contributed by atoms with van der Waals surface area (Å²) in [5, 5.41) is 0. The summed E-state index contributed by atoms with van der Waals surface area (Å²) in [6.07, 6.45) is 0. The molecule has 0 saturated carbocycles. The zero-order chi connectivity index (χ0) is 9.42. The van der Waals surface area contributed by atoms with Gasteiger partial charge in [-0.3, -0.25) is 0 Å². The molecule has 2 rings (SSSR count). The molecule has 13 heavy (non-hydrogen) atoms. The first-order chi connectivity index (χ1) is 6.20. The van der Waals surface area contributed by atoms with Gasteiger partial charge in [0.25, 0.3) is 0 Å². The van der Waals surface area contributed by atoms with Crippen LogP contribution in [0.2, 0.25) is 0 Å². The molecule has 3 nitrogen and oxygen atoms in total. The number of para-hydroxylation sites is 1. The Morgan fingerprint density at radius 1 is 1.38 bits per heavy atom. The summed E-state index contributed by atoms with van der Waals surface area (Å²) in [5.74, 6) is 0. The quantitative estimate of drug-likeness (QED) is 0.717. The fraction of sp³-hybridized carbons (Fsp3) is 0.250. The first-order valence-electron chi connectivity index (χ1n) is 3.77. The van der Waals surface area contributed by atoms with Crippen molar-refractivity contribution in [2.45, 2.75) is 9.17 Å². The van der Waals surface area contributed by atoms with E-state index in [4.69, 9.17) is 0 Å². The second-order valence-electron chi connectivity index (χ2n) is 2.76. The number of nitrogens with zero attached hydrogens (tertiary/aromatic N) is 1.